The summed E-state index contributed by atoms with van der Waals surface area (Å²) >= 11 is 0. The van der Waals surface area contributed by atoms with Gasteiger partial charge in [0.25, 0.3) is 6.43 Å². The largest absolute Gasteiger partial charge is 0.506 e. The first-order valence-electron chi connectivity index (χ1n) is 4.15. The molecule has 0 saturated heterocycles. The van der Waals surface area contributed by atoms with E-state index in [0.29, 0.717) is 0 Å². The van der Waals surface area contributed by atoms with Crippen LogP contribution in [0.25, 0.3) is 0 Å². The molecule has 0 unspecified atom stereocenters. The van der Waals surface area contributed by atoms with Gasteiger partial charge in [-0.25, -0.2) is 13.6 Å². The topological polar surface area (TPSA) is 70.3 Å². The number of alkyl halides is 2. The second-order valence-corrected chi connectivity index (χ2v) is 2.83. The van der Waals surface area contributed by atoms with Gasteiger partial charge in [-0.05, 0) is 12.1 Å². The highest BCUT2D eigenvalue weighted by Crippen LogP contribution is 2.33. The summed E-state index contributed by atoms with van der Waals surface area (Å²) in [6.07, 6.45) is -2.93. The van der Waals surface area contributed by atoms with Crippen molar-refractivity contribution in [3.63, 3.8) is 0 Å². The van der Waals surface area contributed by atoms with Gasteiger partial charge in [-0.1, -0.05) is 0 Å². The number of methoxy groups -OCH3 is 1. The molecule has 0 aliphatic heterocycles. The van der Waals surface area contributed by atoms with Gasteiger partial charge < -0.3 is 9.84 Å². The van der Waals surface area contributed by atoms with Crippen LogP contribution in [0.3, 0.4) is 0 Å². The Hall–Kier alpha value is -2.16. The van der Waals surface area contributed by atoms with E-state index < -0.39 is 29.3 Å². The zero-order valence-corrected chi connectivity index (χ0v) is 8.20. The lowest BCUT2D eigenvalue weighted by molar-refractivity contribution is 0.0596. The number of phenolic OH excluding ortho intramolecular Hbond substituents is 1. The van der Waals surface area contributed by atoms with Crippen molar-refractivity contribution in [1.29, 1.82) is 5.26 Å². The molecular weight excluding hydrogens is 220 g/mol. The van der Waals surface area contributed by atoms with Crippen molar-refractivity contribution in [3.05, 3.63) is 28.8 Å². The molecule has 0 spiro atoms. The van der Waals surface area contributed by atoms with Crippen molar-refractivity contribution in [1.82, 2.24) is 0 Å². The summed E-state index contributed by atoms with van der Waals surface area (Å²) in [7, 11) is 1.03. The summed E-state index contributed by atoms with van der Waals surface area (Å²) in [5, 5.41) is 18.1. The third kappa shape index (κ3) is 1.93. The Balaban J connectivity index is 3.48. The average molecular weight is 227 g/mol. The number of carbonyl (C=O) groups excluding carboxylic acids is 1. The zero-order valence-electron chi connectivity index (χ0n) is 8.20. The quantitative estimate of drug-likeness (QED) is 0.784. The Morgan fingerprint density at radius 3 is 2.62 bits per heavy atom. The molecule has 0 aromatic heterocycles. The van der Waals surface area contributed by atoms with E-state index in [0.717, 1.165) is 19.2 Å². The molecule has 16 heavy (non-hydrogen) atoms. The van der Waals surface area contributed by atoms with Crippen molar-refractivity contribution in [2.75, 3.05) is 7.11 Å². The average Bonchev–Trinajstić information content (AvgIpc) is 2.26. The van der Waals surface area contributed by atoms with E-state index >= 15 is 0 Å². The molecule has 0 amide bonds. The number of benzene rings is 1. The third-order valence-electron chi connectivity index (χ3n) is 1.95. The van der Waals surface area contributed by atoms with Crippen molar-refractivity contribution < 1.29 is 23.4 Å². The first kappa shape index (κ1) is 11.9. The van der Waals surface area contributed by atoms with Gasteiger partial charge in [0.15, 0.2) is 0 Å². The molecule has 0 aliphatic rings. The molecule has 4 nitrogen and oxygen atoms in total. The highest BCUT2D eigenvalue weighted by atomic mass is 19.3. The summed E-state index contributed by atoms with van der Waals surface area (Å²) in [6.45, 7) is 0. The zero-order chi connectivity index (χ0) is 12.3. The van der Waals surface area contributed by atoms with Crippen LogP contribution < -0.4 is 0 Å². The van der Waals surface area contributed by atoms with Crippen LogP contribution in [0.4, 0.5) is 8.78 Å². The predicted molar refractivity (Wildman–Crippen MR) is 49.1 cm³/mol. The fourth-order valence-corrected chi connectivity index (χ4v) is 1.19. The van der Waals surface area contributed by atoms with Gasteiger partial charge in [-0.15, -0.1) is 0 Å². The number of aromatic hydroxyl groups is 1. The third-order valence-corrected chi connectivity index (χ3v) is 1.95. The van der Waals surface area contributed by atoms with E-state index in [1.165, 1.54) is 0 Å². The van der Waals surface area contributed by atoms with E-state index in [2.05, 4.69) is 4.74 Å². The molecule has 1 aromatic carbocycles. The molecule has 0 saturated carbocycles. The number of rotatable bonds is 2. The van der Waals surface area contributed by atoms with Crippen molar-refractivity contribution in [2.24, 2.45) is 0 Å². The van der Waals surface area contributed by atoms with Crippen molar-refractivity contribution in [3.8, 4) is 11.8 Å². The summed E-state index contributed by atoms with van der Waals surface area (Å²) in [5.41, 5.74) is -1.46. The van der Waals surface area contributed by atoms with Crippen LogP contribution in [-0.4, -0.2) is 18.2 Å². The van der Waals surface area contributed by atoms with Crippen molar-refractivity contribution in [2.45, 2.75) is 6.43 Å². The number of nitriles is 1. The minimum absolute atomic E-state index is 0.214. The maximum Gasteiger partial charge on any atom is 0.343 e. The minimum Gasteiger partial charge on any atom is -0.506 e. The van der Waals surface area contributed by atoms with E-state index in [1.807, 2.05) is 0 Å². The molecule has 1 rings (SSSR count). The maximum atomic E-state index is 12.4. The second kappa shape index (κ2) is 4.57. The SMILES string of the molecule is COC(=O)c1c(C#N)ccc(C(F)F)c1O. The summed E-state index contributed by atoms with van der Waals surface area (Å²) in [5.74, 6) is -1.95. The van der Waals surface area contributed by atoms with Gasteiger partial charge in [0.1, 0.15) is 17.4 Å². The molecule has 84 valence electrons. The number of esters is 1. The van der Waals surface area contributed by atoms with Gasteiger partial charge in [-0.2, -0.15) is 5.26 Å². The van der Waals surface area contributed by atoms with Crippen LogP contribution in [0.2, 0.25) is 0 Å². The number of nitrogens with zero attached hydrogens (tertiary/aromatic N) is 1. The van der Waals surface area contributed by atoms with Gasteiger partial charge in [0.2, 0.25) is 0 Å². The lowest BCUT2D eigenvalue weighted by Crippen LogP contribution is -2.06. The van der Waals surface area contributed by atoms with E-state index in [4.69, 9.17) is 5.26 Å². The number of phenols is 1. The van der Waals surface area contributed by atoms with Crippen LogP contribution in [0, 0.1) is 11.3 Å². The molecule has 1 aromatic rings. The van der Waals surface area contributed by atoms with Gasteiger partial charge >= 0.3 is 5.97 Å². The number of carbonyl (C=O) groups is 1. The Morgan fingerprint density at radius 2 is 2.19 bits per heavy atom. The Bertz CT molecular complexity index is 466. The highest BCUT2D eigenvalue weighted by molar-refractivity contribution is 5.95. The van der Waals surface area contributed by atoms with Gasteiger partial charge in [0.05, 0.1) is 18.2 Å². The molecule has 0 atom stereocenters. The lowest BCUT2D eigenvalue weighted by Gasteiger charge is -2.09. The molecule has 0 bridgehead atoms. The minimum atomic E-state index is -2.93. The predicted octanol–water partition coefficient (Wildman–Crippen LogP) is 1.99. The van der Waals surface area contributed by atoms with Crippen LogP contribution in [0.15, 0.2) is 12.1 Å². The maximum absolute atomic E-state index is 12.4. The Labute approximate surface area is 89.7 Å². The highest BCUT2D eigenvalue weighted by Gasteiger charge is 2.23. The lowest BCUT2D eigenvalue weighted by atomic mass is 10.0. The monoisotopic (exact) mass is 227 g/mol. The van der Waals surface area contributed by atoms with Crippen LogP contribution >= 0.6 is 0 Å². The summed E-state index contributed by atoms with van der Waals surface area (Å²) < 4.78 is 29.1. The first-order chi connectivity index (χ1) is 7.52. The van der Waals surface area contributed by atoms with E-state index in [1.54, 1.807) is 6.07 Å². The normalized spacial score (nSPS) is 9.94. The van der Waals surface area contributed by atoms with E-state index in [9.17, 15) is 18.7 Å². The van der Waals surface area contributed by atoms with Gasteiger partial charge in [-0.3, -0.25) is 0 Å². The summed E-state index contributed by atoms with van der Waals surface area (Å²) in [6, 6.07) is 3.54. The summed E-state index contributed by atoms with van der Waals surface area (Å²) in [4.78, 5) is 11.2. The molecule has 6 heteroatoms. The molecule has 1 N–H and O–H groups in total. The molecule has 0 heterocycles. The number of hydrogen-bond donors (Lipinski definition) is 1. The fourth-order valence-electron chi connectivity index (χ4n) is 1.19. The molecule has 0 radical (unpaired) electrons. The smallest absolute Gasteiger partial charge is 0.343 e. The first-order valence-corrected chi connectivity index (χ1v) is 4.15. The molecule has 0 fully saturated rings. The van der Waals surface area contributed by atoms with Crippen molar-refractivity contribution >= 4 is 5.97 Å². The van der Waals surface area contributed by atoms with Crippen LogP contribution in [0.1, 0.15) is 27.9 Å². The van der Waals surface area contributed by atoms with Gasteiger partial charge in [0, 0.05) is 0 Å². The van der Waals surface area contributed by atoms with Crippen LogP contribution in [0.5, 0.6) is 5.75 Å². The van der Waals surface area contributed by atoms with Crippen LogP contribution in [-0.2, 0) is 4.74 Å². The number of ether oxygens (including phenoxy) is 1. The second-order valence-electron chi connectivity index (χ2n) is 2.83. The number of hydrogen-bond acceptors (Lipinski definition) is 4. The Kier molecular flexibility index (Phi) is 3.40. The standard InChI is InChI=1S/C10H7F2NO3/c1-16-10(15)7-5(4-13)2-3-6(8(7)14)9(11)12/h2-3,9,14H,1H3. The Morgan fingerprint density at radius 1 is 1.56 bits per heavy atom. The van der Waals surface area contributed by atoms with E-state index in [-0.39, 0.29) is 5.56 Å². The molecule has 0 aliphatic carbocycles. The fraction of sp³-hybridized carbons (Fsp3) is 0.200. The number of halogens is 2. The molecular formula is C10H7F2NO3.